The Morgan fingerprint density at radius 1 is 1.24 bits per heavy atom. The number of carbonyl (C=O) groups excluding carboxylic acids is 2. The molecule has 2 amide bonds. The number of hydrogen-bond donors (Lipinski definition) is 3. The van der Waals surface area contributed by atoms with E-state index in [0.29, 0.717) is 5.56 Å². The second kappa shape index (κ2) is 6.59. The summed E-state index contributed by atoms with van der Waals surface area (Å²) in [5.74, 6) is -1.10. The number of rotatable bonds is 5. The lowest BCUT2D eigenvalue weighted by Crippen LogP contribution is -2.39. The zero-order valence-corrected chi connectivity index (χ0v) is 9.20. The van der Waals surface area contributed by atoms with Crippen LogP contribution in [0.25, 0.3) is 0 Å². The highest BCUT2D eigenvalue weighted by Crippen LogP contribution is 2.02. The Hall–Kier alpha value is -1.95. The number of benzene rings is 1. The molecule has 0 saturated heterocycles. The Labute approximate surface area is 98.2 Å². The van der Waals surface area contributed by atoms with E-state index in [-0.39, 0.29) is 31.4 Å². The maximum absolute atomic E-state index is 12.8. The van der Waals surface area contributed by atoms with E-state index in [1.807, 2.05) is 0 Å². The summed E-state index contributed by atoms with van der Waals surface area (Å²) in [6, 6.07) is 5.92. The van der Waals surface area contributed by atoms with Crippen molar-refractivity contribution in [2.45, 2.75) is 6.54 Å². The molecule has 0 fully saturated rings. The third-order valence-electron chi connectivity index (χ3n) is 2.01. The van der Waals surface area contributed by atoms with Gasteiger partial charge >= 0.3 is 0 Å². The van der Waals surface area contributed by atoms with Crippen molar-refractivity contribution in [2.24, 2.45) is 5.73 Å². The van der Waals surface area contributed by atoms with Crippen LogP contribution >= 0.6 is 0 Å². The number of hydrogen-bond acceptors (Lipinski definition) is 3. The van der Waals surface area contributed by atoms with Gasteiger partial charge in [-0.25, -0.2) is 4.39 Å². The molecule has 17 heavy (non-hydrogen) atoms. The molecule has 0 aliphatic heterocycles. The Morgan fingerprint density at radius 2 is 2.00 bits per heavy atom. The molecule has 0 saturated carbocycles. The van der Waals surface area contributed by atoms with Gasteiger partial charge in [0.05, 0.1) is 13.1 Å². The van der Waals surface area contributed by atoms with E-state index in [4.69, 9.17) is 5.73 Å². The van der Waals surface area contributed by atoms with Crippen LogP contribution in [-0.4, -0.2) is 24.9 Å². The summed E-state index contributed by atoms with van der Waals surface area (Å²) in [5.41, 5.74) is 5.71. The Bertz CT molecular complexity index is 409. The molecule has 0 heterocycles. The van der Waals surface area contributed by atoms with Gasteiger partial charge < -0.3 is 16.4 Å². The van der Waals surface area contributed by atoms with Crippen molar-refractivity contribution >= 4 is 11.8 Å². The number of nitrogens with one attached hydrogen (secondary N) is 2. The second-order valence-corrected chi connectivity index (χ2v) is 3.39. The molecule has 0 atom stereocenters. The van der Waals surface area contributed by atoms with Crippen LogP contribution in [0.15, 0.2) is 24.3 Å². The number of amides is 2. The van der Waals surface area contributed by atoms with Crippen molar-refractivity contribution in [2.75, 3.05) is 13.1 Å². The van der Waals surface area contributed by atoms with Crippen LogP contribution in [0.1, 0.15) is 5.56 Å². The van der Waals surface area contributed by atoms with Gasteiger partial charge in [-0.05, 0) is 17.7 Å². The number of nitrogens with two attached hydrogens (primary N) is 1. The van der Waals surface area contributed by atoms with Crippen molar-refractivity contribution in [3.8, 4) is 0 Å². The maximum Gasteiger partial charge on any atom is 0.239 e. The smallest absolute Gasteiger partial charge is 0.239 e. The lowest BCUT2D eigenvalue weighted by atomic mass is 10.2. The van der Waals surface area contributed by atoms with E-state index < -0.39 is 5.91 Å². The van der Waals surface area contributed by atoms with Crippen molar-refractivity contribution < 1.29 is 14.0 Å². The zero-order valence-electron chi connectivity index (χ0n) is 9.20. The molecule has 0 unspecified atom stereocenters. The highest BCUT2D eigenvalue weighted by atomic mass is 19.1. The molecule has 0 aliphatic rings. The molecule has 1 rings (SSSR count). The van der Waals surface area contributed by atoms with Crippen LogP contribution < -0.4 is 16.4 Å². The Morgan fingerprint density at radius 3 is 2.65 bits per heavy atom. The first kappa shape index (κ1) is 13.1. The summed E-state index contributed by atoms with van der Waals surface area (Å²) in [6.07, 6.45) is 0. The fourth-order valence-electron chi connectivity index (χ4n) is 1.16. The highest BCUT2D eigenvalue weighted by molar-refractivity contribution is 5.85. The molecule has 4 N–H and O–H groups in total. The molecule has 92 valence electrons. The fraction of sp³-hybridized carbons (Fsp3) is 0.273. The Balaban J connectivity index is 2.31. The van der Waals surface area contributed by atoms with Crippen LogP contribution in [0.5, 0.6) is 0 Å². The lowest BCUT2D eigenvalue weighted by molar-refractivity contribution is -0.125. The van der Waals surface area contributed by atoms with Crippen LogP contribution in [0.3, 0.4) is 0 Å². The molecule has 0 aliphatic carbocycles. The van der Waals surface area contributed by atoms with Gasteiger partial charge in [0.2, 0.25) is 11.8 Å². The average molecular weight is 239 g/mol. The lowest BCUT2D eigenvalue weighted by Gasteiger charge is -2.06. The van der Waals surface area contributed by atoms with E-state index in [1.54, 1.807) is 12.1 Å². The summed E-state index contributed by atoms with van der Waals surface area (Å²) in [5, 5.41) is 4.87. The second-order valence-electron chi connectivity index (χ2n) is 3.39. The molecular weight excluding hydrogens is 225 g/mol. The largest absolute Gasteiger partial charge is 0.350 e. The first-order chi connectivity index (χ1) is 8.11. The van der Waals surface area contributed by atoms with E-state index in [2.05, 4.69) is 10.6 Å². The fourth-order valence-corrected chi connectivity index (χ4v) is 1.16. The third-order valence-corrected chi connectivity index (χ3v) is 2.01. The van der Waals surface area contributed by atoms with E-state index in [1.165, 1.54) is 12.1 Å². The van der Waals surface area contributed by atoms with Crippen LogP contribution in [0.4, 0.5) is 4.39 Å². The predicted octanol–water partition coefficient (Wildman–Crippen LogP) is -0.483. The molecular formula is C11H14FN3O2. The van der Waals surface area contributed by atoms with Gasteiger partial charge in [-0.15, -0.1) is 0 Å². The average Bonchev–Trinajstić information content (AvgIpc) is 2.33. The normalized spacial score (nSPS) is 9.76. The van der Waals surface area contributed by atoms with E-state index >= 15 is 0 Å². The molecule has 0 bridgehead atoms. The van der Waals surface area contributed by atoms with E-state index in [9.17, 15) is 14.0 Å². The molecule has 6 heteroatoms. The van der Waals surface area contributed by atoms with Gasteiger partial charge in [-0.2, -0.15) is 0 Å². The quantitative estimate of drug-likeness (QED) is 0.648. The van der Waals surface area contributed by atoms with Gasteiger partial charge in [0.15, 0.2) is 0 Å². The molecule has 1 aromatic rings. The zero-order chi connectivity index (χ0) is 12.7. The standard InChI is InChI=1S/C11H14FN3O2/c12-9-3-1-2-8(4-9)6-14-11(17)7-15-10(16)5-13/h1-4H,5-7,13H2,(H,14,17)(H,15,16). The maximum atomic E-state index is 12.8. The third kappa shape index (κ3) is 5.07. The summed E-state index contributed by atoms with van der Waals surface area (Å²) < 4.78 is 12.8. The first-order valence-electron chi connectivity index (χ1n) is 5.09. The van der Waals surface area contributed by atoms with E-state index in [0.717, 1.165) is 0 Å². The topological polar surface area (TPSA) is 84.2 Å². The minimum Gasteiger partial charge on any atom is -0.350 e. The van der Waals surface area contributed by atoms with Crippen molar-refractivity contribution in [1.29, 1.82) is 0 Å². The Kier molecular flexibility index (Phi) is 5.09. The monoisotopic (exact) mass is 239 g/mol. The SMILES string of the molecule is NCC(=O)NCC(=O)NCc1cccc(F)c1. The molecule has 0 radical (unpaired) electrons. The number of halogens is 1. The molecule has 1 aromatic carbocycles. The summed E-state index contributed by atoms with van der Waals surface area (Å²) in [6.45, 7) is -0.0718. The van der Waals surface area contributed by atoms with Crippen molar-refractivity contribution in [3.05, 3.63) is 35.6 Å². The van der Waals surface area contributed by atoms with Crippen molar-refractivity contribution in [3.63, 3.8) is 0 Å². The predicted molar refractivity (Wildman–Crippen MR) is 60.3 cm³/mol. The van der Waals surface area contributed by atoms with Crippen LogP contribution in [-0.2, 0) is 16.1 Å². The van der Waals surface area contributed by atoms with Gasteiger partial charge in [0, 0.05) is 6.54 Å². The minimum atomic E-state index is -0.397. The molecule has 0 aromatic heterocycles. The van der Waals surface area contributed by atoms with Crippen molar-refractivity contribution in [1.82, 2.24) is 10.6 Å². The minimum absolute atomic E-state index is 0.134. The molecule has 5 nitrogen and oxygen atoms in total. The highest BCUT2D eigenvalue weighted by Gasteiger charge is 2.03. The van der Waals surface area contributed by atoms with Crippen LogP contribution in [0.2, 0.25) is 0 Å². The summed E-state index contributed by atoms with van der Waals surface area (Å²) in [4.78, 5) is 22.0. The first-order valence-corrected chi connectivity index (χ1v) is 5.09. The van der Waals surface area contributed by atoms with Crippen LogP contribution in [0, 0.1) is 5.82 Å². The molecule has 0 spiro atoms. The summed E-state index contributed by atoms with van der Waals surface area (Å²) >= 11 is 0. The van der Waals surface area contributed by atoms with Gasteiger partial charge in [-0.1, -0.05) is 12.1 Å². The van der Waals surface area contributed by atoms with Gasteiger partial charge in [0.25, 0.3) is 0 Å². The summed E-state index contributed by atoms with van der Waals surface area (Å²) in [7, 11) is 0. The van der Waals surface area contributed by atoms with Gasteiger partial charge in [0.1, 0.15) is 5.82 Å². The van der Waals surface area contributed by atoms with Gasteiger partial charge in [-0.3, -0.25) is 9.59 Å². The number of carbonyl (C=O) groups is 2.